The van der Waals surface area contributed by atoms with Crippen LogP contribution in [0.3, 0.4) is 0 Å². The summed E-state index contributed by atoms with van der Waals surface area (Å²) in [5.41, 5.74) is 0. The number of nitrogens with zero attached hydrogens (tertiary/aromatic N) is 1. The maximum atomic E-state index is 11.6. The average molecular weight is 245 g/mol. The fraction of sp³-hybridized carbons (Fsp3) is 0.600. The van der Waals surface area contributed by atoms with Gasteiger partial charge in [-0.15, -0.1) is 11.3 Å². The van der Waals surface area contributed by atoms with Gasteiger partial charge in [0.05, 0.1) is 6.61 Å². The number of esters is 1. The zero-order chi connectivity index (χ0) is 11.3. The number of hydrogen-bond acceptors (Lipinski definition) is 5. The average Bonchev–Trinajstić information content (AvgIpc) is 2.66. The molecule has 0 saturated heterocycles. The number of rotatable bonds is 5. The number of carbonyl (C=O) groups excluding carboxylic acids is 1. The third-order valence-corrected chi connectivity index (χ3v) is 4.20. The minimum atomic E-state index is -0.156. The van der Waals surface area contributed by atoms with Crippen molar-refractivity contribution >= 4 is 29.1 Å². The van der Waals surface area contributed by atoms with Crippen LogP contribution in [0.5, 0.6) is 0 Å². The monoisotopic (exact) mass is 245 g/mol. The number of hydrogen-bond donors (Lipinski definition) is 0. The molecule has 0 saturated carbocycles. The van der Waals surface area contributed by atoms with E-state index in [0.29, 0.717) is 6.61 Å². The summed E-state index contributed by atoms with van der Waals surface area (Å²) in [5, 5.41) is 1.75. The van der Waals surface area contributed by atoms with E-state index in [0.717, 1.165) is 4.34 Å². The van der Waals surface area contributed by atoms with Gasteiger partial charge in [-0.05, 0) is 12.8 Å². The summed E-state index contributed by atoms with van der Waals surface area (Å²) in [6.07, 6.45) is 1.75. The molecule has 1 atom stereocenters. The molecule has 0 aromatic carbocycles. The number of carbonyl (C=O) groups is 1. The maximum absolute atomic E-state index is 11.6. The number of aromatic nitrogens is 1. The molecular weight excluding hydrogens is 230 g/mol. The molecule has 5 heteroatoms. The van der Waals surface area contributed by atoms with Crippen molar-refractivity contribution in [1.82, 2.24) is 4.98 Å². The van der Waals surface area contributed by atoms with Gasteiger partial charge in [-0.3, -0.25) is 4.79 Å². The number of thiazole rings is 1. The Labute approximate surface area is 98.2 Å². The van der Waals surface area contributed by atoms with Crippen LogP contribution < -0.4 is 0 Å². The highest BCUT2D eigenvalue weighted by molar-refractivity contribution is 8.02. The van der Waals surface area contributed by atoms with Crippen LogP contribution in [-0.4, -0.2) is 22.8 Å². The molecule has 0 amide bonds. The SMILES string of the molecule is CCOC(=O)C(Sc1nccs1)C(C)C. The van der Waals surface area contributed by atoms with E-state index >= 15 is 0 Å². The zero-order valence-electron chi connectivity index (χ0n) is 9.10. The highest BCUT2D eigenvalue weighted by Crippen LogP contribution is 2.30. The van der Waals surface area contributed by atoms with Gasteiger partial charge in [0.15, 0.2) is 4.34 Å². The molecule has 15 heavy (non-hydrogen) atoms. The molecule has 1 rings (SSSR count). The largest absolute Gasteiger partial charge is 0.465 e. The molecule has 84 valence electrons. The van der Waals surface area contributed by atoms with E-state index in [1.165, 1.54) is 11.8 Å². The van der Waals surface area contributed by atoms with Crippen molar-refractivity contribution in [3.8, 4) is 0 Å². The first-order chi connectivity index (χ1) is 7.15. The topological polar surface area (TPSA) is 39.2 Å². The zero-order valence-corrected chi connectivity index (χ0v) is 10.7. The molecule has 0 aliphatic carbocycles. The van der Waals surface area contributed by atoms with Gasteiger partial charge in [-0.25, -0.2) is 4.98 Å². The van der Waals surface area contributed by atoms with Crippen LogP contribution in [0.1, 0.15) is 20.8 Å². The molecule has 0 spiro atoms. The van der Waals surface area contributed by atoms with Crippen molar-refractivity contribution in [1.29, 1.82) is 0 Å². The van der Waals surface area contributed by atoms with Crippen LogP contribution in [0.15, 0.2) is 15.9 Å². The van der Waals surface area contributed by atoms with E-state index < -0.39 is 0 Å². The summed E-state index contributed by atoms with van der Waals surface area (Å²) in [7, 11) is 0. The van der Waals surface area contributed by atoms with Gasteiger partial charge in [-0.2, -0.15) is 0 Å². The third kappa shape index (κ3) is 3.83. The Kier molecular flexibility index (Phi) is 5.11. The van der Waals surface area contributed by atoms with Gasteiger partial charge in [0, 0.05) is 11.6 Å². The van der Waals surface area contributed by atoms with Gasteiger partial charge < -0.3 is 4.74 Å². The highest BCUT2D eigenvalue weighted by Gasteiger charge is 2.25. The third-order valence-electron chi connectivity index (χ3n) is 1.76. The molecule has 3 nitrogen and oxygen atoms in total. The molecule has 0 fully saturated rings. The minimum absolute atomic E-state index is 0.146. The molecule has 1 heterocycles. The van der Waals surface area contributed by atoms with Gasteiger partial charge in [0.1, 0.15) is 5.25 Å². The lowest BCUT2D eigenvalue weighted by atomic mass is 10.1. The minimum Gasteiger partial charge on any atom is -0.465 e. The summed E-state index contributed by atoms with van der Waals surface area (Å²) in [6.45, 7) is 6.29. The van der Waals surface area contributed by atoms with E-state index in [9.17, 15) is 4.79 Å². The fourth-order valence-corrected chi connectivity index (χ4v) is 2.89. The summed E-state index contributed by atoms with van der Waals surface area (Å²) in [6, 6.07) is 0. The van der Waals surface area contributed by atoms with E-state index in [-0.39, 0.29) is 17.1 Å². The van der Waals surface area contributed by atoms with Crippen LogP contribution in [-0.2, 0) is 9.53 Å². The summed E-state index contributed by atoms with van der Waals surface area (Å²) in [4.78, 5) is 15.8. The second-order valence-corrected chi connectivity index (χ2v) is 5.62. The van der Waals surface area contributed by atoms with Crippen LogP contribution in [0, 0.1) is 5.92 Å². The van der Waals surface area contributed by atoms with Crippen molar-refractivity contribution in [2.75, 3.05) is 6.61 Å². The second kappa shape index (κ2) is 6.12. The predicted molar refractivity (Wildman–Crippen MR) is 63.2 cm³/mol. The van der Waals surface area contributed by atoms with Gasteiger partial charge in [0.2, 0.25) is 0 Å². The molecule has 1 aromatic rings. The van der Waals surface area contributed by atoms with Crippen LogP contribution in [0.2, 0.25) is 0 Å². The molecular formula is C10H15NO2S2. The highest BCUT2D eigenvalue weighted by atomic mass is 32.2. The normalized spacial score (nSPS) is 12.8. The van der Waals surface area contributed by atoms with Crippen LogP contribution in [0.25, 0.3) is 0 Å². The molecule has 1 aromatic heterocycles. The van der Waals surface area contributed by atoms with Crippen molar-refractivity contribution in [3.63, 3.8) is 0 Å². The van der Waals surface area contributed by atoms with E-state index in [1.54, 1.807) is 17.5 Å². The lowest BCUT2D eigenvalue weighted by molar-refractivity contribution is -0.143. The van der Waals surface area contributed by atoms with E-state index in [2.05, 4.69) is 4.98 Å². The van der Waals surface area contributed by atoms with Crippen molar-refractivity contribution < 1.29 is 9.53 Å². The Morgan fingerprint density at radius 1 is 1.67 bits per heavy atom. The number of ether oxygens (including phenoxy) is 1. The maximum Gasteiger partial charge on any atom is 0.319 e. The van der Waals surface area contributed by atoms with Gasteiger partial charge in [-0.1, -0.05) is 25.6 Å². The molecule has 0 aliphatic rings. The Balaban J connectivity index is 2.62. The van der Waals surface area contributed by atoms with Gasteiger partial charge in [0.25, 0.3) is 0 Å². The molecule has 1 unspecified atom stereocenters. The van der Waals surface area contributed by atoms with Crippen LogP contribution >= 0.6 is 23.1 Å². The van der Waals surface area contributed by atoms with E-state index in [1.807, 2.05) is 26.2 Å². The molecule has 0 bridgehead atoms. The lowest BCUT2D eigenvalue weighted by Gasteiger charge is -2.16. The standard InChI is InChI=1S/C10H15NO2S2/c1-4-13-9(12)8(7(2)3)15-10-11-5-6-14-10/h5-8H,4H2,1-3H3. The first kappa shape index (κ1) is 12.5. The Morgan fingerprint density at radius 2 is 2.40 bits per heavy atom. The van der Waals surface area contributed by atoms with Crippen molar-refractivity contribution in [2.45, 2.75) is 30.4 Å². The van der Waals surface area contributed by atoms with E-state index in [4.69, 9.17) is 4.74 Å². The smallest absolute Gasteiger partial charge is 0.319 e. The Morgan fingerprint density at radius 3 is 2.87 bits per heavy atom. The predicted octanol–water partition coefficient (Wildman–Crippen LogP) is 2.82. The molecule has 0 radical (unpaired) electrons. The summed E-state index contributed by atoms with van der Waals surface area (Å²) >= 11 is 3.03. The van der Waals surface area contributed by atoms with Crippen molar-refractivity contribution in [3.05, 3.63) is 11.6 Å². The summed E-state index contributed by atoms with van der Waals surface area (Å²) < 4.78 is 5.95. The fourth-order valence-electron chi connectivity index (χ4n) is 1.06. The van der Waals surface area contributed by atoms with Gasteiger partial charge >= 0.3 is 5.97 Å². The molecule has 0 N–H and O–H groups in total. The lowest BCUT2D eigenvalue weighted by Crippen LogP contribution is -2.25. The second-order valence-electron chi connectivity index (χ2n) is 3.33. The van der Waals surface area contributed by atoms with Crippen molar-refractivity contribution in [2.24, 2.45) is 5.92 Å². The number of thioether (sulfide) groups is 1. The summed E-state index contributed by atoms with van der Waals surface area (Å²) in [5.74, 6) is 0.102. The van der Waals surface area contributed by atoms with Crippen LogP contribution in [0.4, 0.5) is 0 Å². The quantitative estimate of drug-likeness (QED) is 0.590. The Hall–Kier alpha value is -0.550. The Bertz CT molecular complexity index is 298. The first-order valence-corrected chi connectivity index (χ1v) is 6.63. The first-order valence-electron chi connectivity index (χ1n) is 4.88. The molecule has 0 aliphatic heterocycles.